The van der Waals surface area contributed by atoms with Crippen molar-refractivity contribution in [3.8, 4) is 0 Å². The SMILES string of the molecule is CC(C)Cc1nc(CCOC2CCCN(C(=O)CC3CCCC3)C2)no1. The molecule has 2 aliphatic rings. The predicted molar refractivity (Wildman–Crippen MR) is 98.7 cm³/mol. The Morgan fingerprint density at radius 3 is 2.85 bits per heavy atom. The highest BCUT2D eigenvalue weighted by Gasteiger charge is 2.27. The molecule has 0 bridgehead atoms. The van der Waals surface area contributed by atoms with Crippen LogP contribution in [0.25, 0.3) is 0 Å². The van der Waals surface area contributed by atoms with Crippen molar-refractivity contribution in [2.45, 2.75) is 77.7 Å². The van der Waals surface area contributed by atoms with Gasteiger partial charge < -0.3 is 14.2 Å². The Morgan fingerprint density at radius 1 is 1.27 bits per heavy atom. The number of amides is 1. The molecular formula is C20H33N3O3. The van der Waals surface area contributed by atoms with Gasteiger partial charge in [0, 0.05) is 32.4 Å². The lowest BCUT2D eigenvalue weighted by Crippen LogP contribution is -2.43. The van der Waals surface area contributed by atoms with Gasteiger partial charge in [-0.3, -0.25) is 4.79 Å². The van der Waals surface area contributed by atoms with Gasteiger partial charge in [0.1, 0.15) is 0 Å². The van der Waals surface area contributed by atoms with Crippen LogP contribution in [0.5, 0.6) is 0 Å². The number of nitrogens with zero attached hydrogens (tertiary/aromatic N) is 3. The first kappa shape index (κ1) is 19.3. The maximum atomic E-state index is 12.5. The van der Waals surface area contributed by atoms with Gasteiger partial charge >= 0.3 is 0 Å². The molecule has 6 heteroatoms. The fraction of sp³-hybridized carbons (Fsp3) is 0.850. The molecule has 1 aliphatic carbocycles. The topological polar surface area (TPSA) is 68.5 Å². The van der Waals surface area contributed by atoms with Gasteiger partial charge in [-0.05, 0) is 37.5 Å². The van der Waals surface area contributed by atoms with Gasteiger partial charge in [-0.1, -0.05) is 31.8 Å². The molecule has 1 unspecified atom stereocenters. The van der Waals surface area contributed by atoms with E-state index >= 15 is 0 Å². The molecule has 1 saturated heterocycles. The Balaban J connectivity index is 1.38. The standard InChI is InChI=1S/C20H33N3O3/c1-15(2)12-19-21-18(22-26-19)9-11-25-17-8-5-10-23(14-17)20(24)13-16-6-3-4-7-16/h15-17H,3-14H2,1-2H3. The first-order chi connectivity index (χ1) is 12.6. The van der Waals surface area contributed by atoms with Crippen LogP contribution < -0.4 is 0 Å². The Bertz CT molecular complexity index is 566. The van der Waals surface area contributed by atoms with E-state index in [4.69, 9.17) is 9.26 Å². The van der Waals surface area contributed by atoms with Crippen molar-refractivity contribution in [1.29, 1.82) is 0 Å². The van der Waals surface area contributed by atoms with Crippen molar-refractivity contribution in [3.05, 3.63) is 11.7 Å². The van der Waals surface area contributed by atoms with Crippen LogP contribution in [0, 0.1) is 11.8 Å². The normalized spacial score (nSPS) is 21.7. The van der Waals surface area contributed by atoms with E-state index in [0.29, 0.717) is 42.5 Å². The minimum Gasteiger partial charge on any atom is -0.376 e. The largest absolute Gasteiger partial charge is 0.376 e. The maximum Gasteiger partial charge on any atom is 0.226 e. The summed E-state index contributed by atoms with van der Waals surface area (Å²) >= 11 is 0. The molecule has 3 rings (SSSR count). The number of carbonyl (C=O) groups excluding carboxylic acids is 1. The summed E-state index contributed by atoms with van der Waals surface area (Å²) in [6.07, 6.45) is 9.43. The highest BCUT2D eigenvalue weighted by molar-refractivity contribution is 5.76. The summed E-state index contributed by atoms with van der Waals surface area (Å²) in [5, 5.41) is 4.02. The molecule has 1 aromatic rings. The Kier molecular flexibility index (Phi) is 7.06. The summed E-state index contributed by atoms with van der Waals surface area (Å²) in [5.74, 6) is 2.86. The van der Waals surface area contributed by atoms with Crippen LogP contribution in [-0.4, -0.2) is 46.7 Å². The number of piperidine rings is 1. The van der Waals surface area contributed by atoms with Crippen molar-refractivity contribution in [3.63, 3.8) is 0 Å². The van der Waals surface area contributed by atoms with E-state index < -0.39 is 0 Å². The lowest BCUT2D eigenvalue weighted by atomic mass is 10.0. The summed E-state index contributed by atoms with van der Waals surface area (Å²) in [7, 11) is 0. The third-order valence-corrected chi connectivity index (χ3v) is 5.44. The van der Waals surface area contributed by atoms with Crippen LogP contribution in [-0.2, 0) is 22.4 Å². The molecule has 2 heterocycles. The van der Waals surface area contributed by atoms with Crippen LogP contribution in [0.3, 0.4) is 0 Å². The molecule has 1 atom stereocenters. The van der Waals surface area contributed by atoms with E-state index in [9.17, 15) is 4.79 Å². The van der Waals surface area contributed by atoms with Gasteiger partial charge in [-0.2, -0.15) is 4.98 Å². The molecule has 6 nitrogen and oxygen atoms in total. The predicted octanol–water partition coefficient (Wildman–Crippen LogP) is 3.40. The first-order valence-corrected chi connectivity index (χ1v) is 10.3. The zero-order valence-corrected chi connectivity index (χ0v) is 16.3. The lowest BCUT2D eigenvalue weighted by molar-refractivity contribution is -0.136. The van der Waals surface area contributed by atoms with E-state index in [-0.39, 0.29) is 6.10 Å². The van der Waals surface area contributed by atoms with E-state index in [2.05, 4.69) is 24.0 Å². The van der Waals surface area contributed by atoms with Crippen LogP contribution in [0.2, 0.25) is 0 Å². The number of carbonyl (C=O) groups is 1. The molecule has 0 spiro atoms. The molecule has 1 aromatic heterocycles. The smallest absolute Gasteiger partial charge is 0.226 e. The molecule has 1 saturated carbocycles. The molecule has 0 radical (unpaired) electrons. The van der Waals surface area contributed by atoms with E-state index in [1.165, 1.54) is 25.7 Å². The third kappa shape index (κ3) is 5.79. The van der Waals surface area contributed by atoms with E-state index in [1.54, 1.807) is 0 Å². The average molecular weight is 364 g/mol. The van der Waals surface area contributed by atoms with Crippen molar-refractivity contribution in [2.75, 3.05) is 19.7 Å². The van der Waals surface area contributed by atoms with Crippen molar-refractivity contribution >= 4 is 5.91 Å². The number of hydrogen-bond donors (Lipinski definition) is 0. The van der Waals surface area contributed by atoms with Crippen LogP contribution in [0.4, 0.5) is 0 Å². The lowest BCUT2D eigenvalue weighted by Gasteiger charge is -2.33. The molecule has 1 aliphatic heterocycles. The monoisotopic (exact) mass is 363 g/mol. The molecule has 1 amide bonds. The van der Waals surface area contributed by atoms with Crippen molar-refractivity contribution < 1.29 is 14.1 Å². The molecule has 0 N–H and O–H groups in total. The Morgan fingerprint density at radius 2 is 2.08 bits per heavy atom. The van der Waals surface area contributed by atoms with Crippen LogP contribution in [0.1, 0.15) is 70.5 Å². The third-order valence-electron chi connectivity index (χ3n) is 5.44. The van der Waals surface area contributed by atoms with Gasteiger partial charge in [-0.25, -0.2) is 0 Å². The number of hydrogen-bond acceptors (Lipinski definition) is 5. The number of rotatable bonds is 8. The zero-order valence-electron chi connectivity index (χ0n) is 16.3. The summed E-state index contributed by atoms with van der Waals surface area (Å²) in [4.78, 5) is 19.0. The number of aromatic nitrogens is 2. The maximum absolute atomic E-state index is 12.5. The molecule has 26 heavy (non-hydrogen) atoms. The summed E-state index contributed by atoms with van der Waals surface area (Å²) in [5.41, 5.74) is 0. The fourth-order valence-corrected chi connectivity index (χ4v) is 4.03. The van der Waals surface area contributed by atoms with Crippen molar-refractivity contribution in [1.82, 2.24) is 15.0 Å². The van der Waals surface area contributed by atoms with Gasteiger partial charge in [0.2, 0.25) is 11.8 Å². The van der Waals surface area contributed by atoms with Gasteiger partial charge in [0.05, 0.1) is 12.7 Å². The molecule has 2 fully saturated rings. The van der Waals surface area contributed by atoms with Gasteiger partial charge in [0.15, 0.2) is 5.82 Å². The van der Waals surface area contributed by atoms with Crippen LogP contribution >= 0.6 is 0 Å². The summed E-state index contributed by atoms with van der Waals surface area (Å²) in [6.45, 7) is 6.47. The minimum absolute atomic E-state index is 0.137. The summed E-state index contributed by atoms with van der Waals surface area (Å²) in [6, 6.07) is 0. The second-order valence-corrected chi connectivity index (χ2v) is 8.28. The van der Waals surface area contributed by atoms with E-state index in [1.807, 2.05) is 4.90 Å². The second-order valence-electron chi connectivity index (χ2n) is 8.28. The van der Waals surface area contributed by atoms with Gasteiger partial charge in [0.25, 0.3) is 0 Å². The second kappa shape index (κ2) is 9.49. The zero-order chi connectivity index (χ0) is 18.4. The van der Waals surface area contributed by atoms with Crippen LogP contribution in [0.15, 0.2) is 4.52 Å². The summed E-state index contributed by atoms with van der Waals surface area (Å²) < 4.78 is 11.3. The first-order valence-electron chi connectivity index (χ1n) is 10.3. The molecule has 0 aromatic carbocycles. The highest BCUT2D eigenvalue weighted by atomic mass is 16.5. The minimum atomic E-state index is 0.137. The number of ether oxygens (including phenoxy) is 1. The quantitative estimate of drug-likeness (QED) is 0.708. The number of likely N-dealkylation sites (tertiary alicyclic amines) is 1. The molecular weight excluding hydrogens is 330 g/mol. The molecule has 146 valence electrons. The average Bonchev–Trinajstić information content (AvgIpc) is 3.27. The van der Waals surface area contributed by atoms with Gasteiger partial charge in [-0.15, -0.1) is 0 Å². The van der Waals surface area contributed by atoms with E-state index in [0.717, 1.165) is 38.8 Å². The van der Waals surface area contributed by atoms with Crippen molar-refractivity contribution in [2.24, 2.45) is 11.8 Å². The fourth-order valence-electron chi connectivity index (χ4n) is 4.03. The Hall–Kier alpha value is -1.43. The highest BCUT2D eigenvalue weighted by Crippen LogP contribution is 2.28. The Labute approximate surface area is 156 Å².